The molecule has 4 heteroatoms. The first-order chi connectivity index (χ1) is 9.70. The first-order valence-electron chi connectivity index (χ1n) is 7.23. The van der Waals surface area contributed by atoms with Crippen LogP contribution in [0.15, 0.2) is 30.3 Å². The summed E-state index contributed by atoms with van der Waals surface area (Å²) in [5.41, 5.74) is 0.825. The van der Waals surface area contributed by atoms with Crippen molar-refractivity contribution in [1.29, 1.82) is 0 Å². The van der Waals surface area contributed by atoms with Crippen LogP contribution in [0.3, 0.4) is 0 Å². The van der Waals surface area contributed by atoms with Crippen LogP contribution in [0.2, 0.25) is 0 Å². The van der Waals surface area contributed by atoms with Crippen molar-refractivity contribution in [1.82, 2.24) is 4.90 Å². The lowest BCUT2D eigenvalue weighted by Gasteiger charge is -2.27. The van der Waals surface area contributed by atoms with E-state index >= 15 is 0 Å². The van der Waals surface area contributed by atoms with E-state index < -0.39 is 0 Å². The summed E-state index contributed by atoms with van der Waals surface area (Å²) >= 11 is 0. The van der Waals surface area contributed by atoms with E-state index in [-0.39, 0.29) is 17.4 Å². The standard InChI is InChI=1S/C16H21NO3/c1-16-11-14(16)20-10-9-19-8-7-17(15(16)18)12-13-5-3-2-4-6-13/h2-6,14H,7-12H2,1H3/t14-,16+/m0/s1. The molecule has 0 bridgehead atoms. The molecule has 2 aliphatic rings. The Hall–Kier alpha value is -1.39. The van der Waals surface area contributed by atoms with Gasteiger partial charge >= 0.3 is 0 Å². The monoisotopic (exact) mass is 275 g/mol. The molecule has 1 aliphatic heterocycles. The molecule has 2 atom stereocenters. The molecule has 1 saturated carbocycles. The lowest BCUT2D eigenvalue weighted by molar-refractivity contribution is -0.141. The van der Waals surface area contributed by atoms with Crippen LogP contribution in [0.1, 0.15) is 18.9 Å². The zero-order valence-corrected chi connectivity index (χ0v) is 11.9. The molecular weight excluding hydrogens is 254 g/mol. The van der Waals surface area contributed by atoms with Gasteiger partial charge in [-0.2, -0.15) is 0 Å². The first-order valence-corrected chi connectivity index (χ1v) is 7.23. The van der Waals surface area contributed by atoms with Crippen molar-refractivity contribution < 1.29 is 14.3 Å². The molecule has 20 heavy (non-hydrogen) atoms. The third-order valence-corrected chi connectivity index (χ3v) is 4.20. The fourth-order valence-corrected chi connectivity index (χ4v) is 2.74. The minimum Gasteiger partial charge on any atom is -0.377 e. The Labute approximate surface area is 119 Å². The van der Waals surface area contributed by atoms with Gasteiger partial charge < -0.3 is 14.4 Å². The zero-order chi connectivity index (χ0) is 14.0. The highest BCUT2D eigenvalue weighted by Gasteiger charge is 2.58. The van der Waals surface area contributed by atoms with Gasteiger partial charge in [-0.1, -0.05) is 30.3 Å². The number of ether oxygens (including phenoxy) is 2. The maximum absolute atomic E-state index is 12.7. The maximum Gasteiger partial charge on any atom is 0.231 e. The van der Waals surface area contributed by atoms with Gasteiger partial charge in [0.15, 0.2) is 0 Å². The van der Waals surface area contributed by atoms with Crippen LogP contribution in [0.25, 0.3) is 0 Å². The van der Waals surface area contributed by atoms with Gasteiger partial charge in [0.1, 0.15) is 0 Å². The van der Waals surface area contributed by atoms with Gasteiger partial charge in [-0.3, -0.25) is 4.79 Å². The molecule has 0 aromatic heterocycles. The summed E-state index contributed by atoms with van der Waals surface area (Å²) in [4.78, 5) is 14.6. The van der Waals surface area contributed by atoms with E-state index in [9.17, 15) is 4.79 Å². The Bertz CT molecular complexity index is 476. The van der Waals surface area contributed by atoms with Gasteiger partial charge in [-0.15, -0.1) is 0 Å². The number of nitrogens with zero attached hydrogens (tertiary/aromatic N) is 1. The molecule has 0 spiro atoms. The summed E-state index contributed by atoms with van der Waals surface area (Å²) in [6.07, 6.45) is 0.895. The van der Waals surface area contributed by atoms with Gasteiger partial charge in [-0.25, -0.2) is 0 Å². The van der Waals surface area contributed by atoms with E-state index in [0.29, 0.717) is 32.9 Å². The van der Waals surface area contributed by atoms with Crippen LogP contribution in [-0.2, 0) is 20.8 Å². The highest BCUT2D eigenvalue weighted by molar-refractivity contribution is 5.86. The number of amides is 1. The van der Waals surface area contributed by atoms with E-state index in [1.807, 2.05) is 30.0 Å². The quantitative estimate of drug-likeness (QED) is 0.826. The molecule has 1 saturated heterocycles. The lowest BCUT2D eigenvalue weighted by atomic mass is 10.1. The third-order valence-electron chi connectivity index (χ3n) is 4.20. The molecule has 0 N–H and O–H groups in total. The summed E-state index contributed by atoms with van der Waals surface area (Å²) in [6, 6.07) is 10.1. The summed E-state index contributed by atoms with van der Waals surface area (Å²) in [5, 5.41) is 0. The summed E-state index contributed by atoms with van der Waals surface area (Å²) in [6.45, 7) is 5.08. The molecule has 1 heterocycles. The number of fused-ring (bicyclic) bond motifs is 1. The predicted molar refractivity (Wildman–Crippen MR) is 75.1 cm³/mol. The van der Waals surface area contributed by atoms with E-state index in [1.54, 1.807) is 0 Å². The Kier molecular flexibility index (Phi) is 3.76. The molecule has 108 valence electrons. The highest BCUT2D eigenvalue weighted by Crippen LogP contribution is 2.49. The number of carbonyl (C=O) groups excluding carboxylic acids is 1. The fraction of sp³-hybridized carbons (Fsp3) is 0.562. The molecule has 1 aromatic carbocycles. The van der Waals surface area contributed by atoms with Gasteiger partial charge in [0.25, 0.3) is 0 Å². The van der Waals surface area contributed by atoms with Crippen molar-refractivity contribution in [3.05, 3.63) is 35.9 Å². The second kappa shape index (κ2) is 5.54. The van der Waals surface area contributed by atoms with E-state index in [0.717, 1.165) is 12.0 Å². The smallest absolute Gasteiger partial charge is 0.231 e. The van der Waals surface area contributed by atoms with Crippen LogP contribution >= 0.6 is 0 Å². The van der Waals surface area contributed by atoms with Crippen molar-refractivity contribution >= 4 is 5.91 Å². The normalized spacial score (nSPS) is 30.8. The summed E-state index contributed by atoms with van der Waals surface area (Å²) < 4.78 is 11.2. The van der Waals surface area contributed by atoms with Crippen LogP contribution in [0, 0.1) is 5.41 Å². The van der Waals surface area contributed by atoms with Crippen molar-refractivity contribution in [2.75, 3.05) is 26.4 Å². The average molecular weight is 275 g/mol. The number of benzene rings is 1. The predicted octanol–water partition coefficient (Wildman–Crippen LogP) is 1.84. The summed E-state index contributed by atoms with van der Waals surface area (Å²) in [5.74, 6) is 0.192. The van der Waals surface area contributed by atoms with E-state index in [1.165, 1.54) is 0 Å². The number of hydrogen-bond acceptors (Lipinski definition) is 3. The Morgan fingerprint density at radius 1 is 1.25 bits per heavy atom. The van der Waals surface area contributed by atoms with Crippen molar-refractivity contribution in [2.45, 2.75) is 26.0 Å². The van der Waals surface area contributed by atoms with Gasteiger partial charge in [0, 0.05) is 13.1 Å². The Balaban J connectivity index is 1.74. The van der Waals surface area contributed by atoms with Crippen molar-refractivity contribution in [3.63, 3.8) is 0 Å². The van der Waals surface area contributed by atoms with Crippen molar-refractivity contribution in [2.24, 2.45) is 5.41 Å². The fourth-order valence-electron chi connectivity index (χ4n) is 2.74. The number of rotatable bonds is 2. The van der Waals surface area contributed by atoms with Gasteiger partial charge in [-0.05, 0) is 18.9 Å². The molecule has 4 nitrogen and oxygen atoms in total. The third kappa shape index (κ3) is 2.72. The molecule has 1 aliphatic carbocycles. The Morgan fingerprint density at radius 2 is 2.05 bits per heavy atom. The second-order valence-electron chi connectivity index (χ2n) is 5.81. The largest absolute Gasteiger partial charge is 0.377 e. The minimum atomic E-state index is -0.327. The first kappa shape index (κ1) is 13.6. The van der Waals surface area contributed by atoms with Crippen LogP contribution in [0.4, 0.5) is 0 Å². The number of hydrogen-bond donors (Lipinski definition) is 0. The van der Waals surface area contributed by atoms with E-state index in [2.05, 4.69) is 12.1 Å². The Morgan fingerprint density at radius 3 is 2.85 bits per heavy atom. The number of carbonyl (C=O) groups is 1. The maximum atomic E-state index is 12.7. The van der Waals surface area contributed by atoms with Gasteiger partial charge in [0.2, 0.25) is 5.91 Å². The van der Waals surface area contributed by atoms with Crippen LogP contribution in [0.5, 0.6) is 0 Å². The average Bonchev–Trinajstić information content (AvgIpc) is 3.13. The highest BCUT2D eigenvalue weighted by atomic mass is 16.5. The molecule has 0 unspecified atom stereocenters. The second-order valence-corrected chi connectivity index (χ2v) is 5.81. The molecule has 1 aromatic rings. The molecule has 0 radical (unpaired) electrons. The SMILES string of the molecule is C[C@@]12C[C@@H]1OCCOCCN(Cc1ccccc1)C2=O. The molecule has 1 amide bonds. The van der Waals surface area contributed by atoms with Crippen molar-refractivity contribution in [3.8, 4) is 0 Å². The van der Waals surface area contributed by atoms with Gasteiger partial charge in [0.05, 0.1) is 31.3 Å². The lowest BCUT2D eigenvalue weighted by Crippen LogP contribution is -2.40. The zero-order valence-electron chi connectivity index (χ0n) is 11.9. The minimum absolute atomic E-state index is 0.0648. The molecular formula is C16H21NO3. The molecule has 2 fully saturated rings. The van der Waals surface area contributed by atoms with Crippen LogP contribution in [-0.4, -0.2) is 43.3 Å². The topological polar surface area (TPSA) is 38.8 Å². The van der Waals surface area contributed by atoms with E-state index in [4.69, 9.17) is 9.47 Å². The molecule has 3 rings (SSSR count). The van der Waals surface area contributed by atoms with Crippen LogP contribution < -0.4 is 0 Å². The summed E-state index contributed by atoms with van der Waals surface area (Å²) in [7, 11) is 0.